The van der Waals surface area contributed by atoms with Crippen LogP contribution in [0.4, 0.5) is 11.4 Å². The van der Waals surface area contributed by atoms with Crippen LogP contribution in [0.2, 0.25) is 10.0 Å². The molecular weight excluding hydrogens is 739 g/mol. The Morgan fingerprint density at radius 2 is 1.29 bits per heavy atom. The Hall–Kier alpha value is -5.18. The first-order valence-electron chi connectivity index (χ1n) is 15.6. The zero-order valence-electron chi connectivity index (χ0n) is 28.5. The van der Waals surface area contributed by atoms with Crippen LogP contribution in [0.25, 0.3) is 0 Å². The molecule has 0 saturated carbocycles. The number of fused-ring (bicyclic) bond motifs is 6. The molecule has 4 aromatic rings. The molecule has 1 N–H and O–H groups in total. The molecule has 13 nitrogen and oxygen atoms in total. The van der Waals surface area contributed by atoms with Gasteiger partial charge in [-0.1, -0.05) is 23.2 Å². The second-order valence-electron chi connectivity index (χ2n) is 14.1. The first-order chi connectivity index (χ1) is 24.1. The number of nitrogens with zero attached hydrogens (tertiary/aromatic N) is 1. The average molecular weight is 770 g/mol. The average Bonchev–Trinajstić information content (AvgIpc) is 3.33. The summed E-state index contributed by atoms with van der Waals surface area (Å²) in [6.07, 6.45) is 0. The van der Waals surface area contributed by atoms with Crippen molar-refractivity contribution < 1.29 is 46.7 Å². The molecule has 4 aromatic carbocycles. The fourth-order valence-electron chi connectivity index (χ4n) is 5.40. The number of hydrogen-bond acceptors (Lipinski definition) is 11. The SMILES string of the molecule is CC(C)(C)C(=O)Oc1cc2c(cc1Cl)C1(OC(=O)c3ccc(NS(=O)(=O)c4ccc([N+](=O)[O-])cc4)cc31)c1cc(Cl)c(OC(=O)C(C)(C)C)cc1O2. The number of anilines is 1. The highest BCUT2D eigenvalue weighted by Gasteiger charge is 2.54. The Kier molecular flexibility index (Phi) is 8.80. The van der Waals surface area contributed by atoms with Crippen molar-refractivity contribution in [3.63, 3.8) is 0 Å². The molecule has 270 valence electrons. The molecule has 0 aliphatic carbocycles. The molecule has 2 aliphatic heterocycles. The van der Waals surface area contributed by atoms with E-state index in [9.17, 15) is 32.9 Å². The van der Waals surface area contributed by atoms with Crippen LogP contribution in [-0.4, -0.2) is 31.2 Å². The quantitative estimate of drug-likeness (QED) is 0.0866. The van der Waals surface area contributed by atoms with Crippen molar-refractivity contribution in [1.82, 2.24) is 0 Å². The van der Waals surface area contributed by atoms with E-state index < -0.39 is 49.3 Å². The Morgan fingerprint density at radius 1 is 0.788 bits per heavy atom. The van der Waals surface area contributed by atoms with Gasteiger partial charge in [-0.2, -0.15) is 0 Å². The highest BCUT2D eigenvalue weighted by Crippen LogP contribution is 2.59. The van der Waals surface area contributed by atoms with Crippen LogP contribution in [0.5, 0.6) is 23.0 Å². The van der Waals surface area contributed by atoms with Crippen molar-refractivity contribution in [2.24, 2.45) is 10.8 Å². The van der Waals surface area contributed by atoms with Gasteiger partial charge in [-0.15, -0.1) is 0 Å². The van der Waals surface area contributed by atoms with E-state index >= 15 is 0 Å². The number of benzene rings is 4. The van der Waals surface area contributed by atoms with Gasteiger partial charge in [-0.05, 0) is 84.0 Å². The van der Waals surface area contributed by atoms with Crippen LogP contribution in [-0.2, 0) is 30.0 Å². The van der Waals surface area contributed by atoms with Crippen molar-refractivity contribution in [3.8, 4) is 23.0 Å². The number of carbonyl (C=O) groups is 3. The number of nitro benzene ring substituents is 1. The third kappa shape index (κ3) is 6.42. The molecule has 0 radical (unpaired) electrons. The lowest BCUT2D eigenvalue weighted by Crippen LogP contribution is -2.33. The van der Waals surface area contributed by atoms with Crippen LogP contribution in [0.1, 0.15) is 68.6 Å². The number of halogens is 2. The molecule has 0 atom stereocenters. The molecule has 0 unspecified atom stereocenters. The summed E-state index contributed by atoms with van der Waals surface area (Å²) in [5.74, 6) is -1.99. The van der Waals surface area contributed by atoms with Gasteiger partial charge in [-0.25, -0.2) is 13.2 Å². The summed E-state index contributed by atoms with van der Waals surface area (Å²) in [6, 6.07) is 13.9. The lowest BCUT2D eigenvalue weighted by Gasteiger charge is -2.37. The summed E-state index contributed by atoms with van der Waals surface area (Å²) in [5.41, 5.74) is -3.35. The molecule has 0 amide bonds. The van der Waals surface area contributed by atoms with E-state index in [1.54, 1.807) is 41.5 Å². The third-order valence-corrected chi connectivity index (χ3v) is 10.1. The van der Waals surface area contributed by atoms with Gasteiger partial charge in [0.05, 0.1) is 36.3 Å². The van der Waals surface area contributed by atoms with Gasteiger partial charge < -0.3 is 18.9 Å². The van der Waals surface area contributed by atoms with Gasteiger partial charge in [0.15, 0.2) is 17.1 Å². The number of non-ortho nitro benzene ring substituents is 1. The van der Waals surface area contributed by atoms with Crippen LogP contribution in [0.3, 0.4) is 0 Å². The standard InChI is InChI=1S/C36H30Cl2N2O11S/c1-34(2,3)32(42)49-29-16-27-23(14-25(29)37)36(24-15-26(38)30(17-28(24)48-27)50-33(43)35(4,5)6)22-13-18(7-12-21(22)31(41)51-36)39-52(46,47)20-10-8-19(9-11-20)40(44)45/h7-17,39H,1-6H3. The van der Waals surface area contributed by atoms with Crippen molar-refractivity contribution in [3.05, 3.63) is 109 Å². The number of sulfonamides is 1. The van der Waals surface area contributed by atoms with Crippen molar-refractivity contribution >= 4 is 62.5 Å². The molecule has 16 heteroatoms. The van der Waals surface area contributed by atoms with Crippen LogP contribution in [0, 0.1) is 20.9 Å². The Bertz CT molecular complexity index is 2240. The molecule has 0 bridgehead atoms. The van der Waals surface area contributed by atoms with E-state index in [0.29, 0.717) is 0 Å². The lowest BCUT2D eigenvalue weighted by atomic mass is 9.77. The number of rotatable bonds is 6. The Morgan fingerprint density at radius 3 is 1.75 bits per heavy atom. The minimum atomic E-state index is -4.28. The third-order valence-electron chi connectivity index (χ3n) is 8.15. The molecule has 2 aliphatic rings. The van der Waals surface area contributed by atoms with Crippen LogP contribution in [0.15, 0.2) is 71.6 Å². The molecule has 2 heterocycles. The monoisotopic (exact) mass is 768 g/mol. The van der Waals surface area contributed by atoms with E-state index in [4.69, 9.17) is 42.1 Å². The fourth-order valence-corrected chi connectivity index (χ4v) is 6.86. The number of hydrogen-bond donors (Lipinski definition) is 1. The van der Waals surface area contributed by atoms with Gasteiger partial charge >= 0.3 is 17.9 Å². The molecule has 1 spiro atoms. The topological polar surface area (TPSA) is 177 Å². The number of ether oxygens (including phenoxy) is 4. The zero-order valence-corrected chi connectivity index (χ0v) is 30.8. The number of nitro groups is 1. The van der Waals surface area contributed by atoms with Gasteiger partial charge in [0.2, 0.25) is 0 Å². The largest absolute Gasteiger partial charge is 0.456 e. The summed E-state index contributed by atoms with van der Waals surface area (Å²) < 4.78 is 52.9. The van der Waals surface area contributed by atoms with Gasteiger partial charge in [0, 0.05) is 46.6 Å². The van der Waals surface area contributed by atoms with E-state index in [0.717, 1.165) is 24.3 Å². The second-order valence-corrected chi connectivity index (χ2v) is 16.6. The minimum absolute atomic E-state index is 0.00742. The molecular formula is C36H30Cl2N2O11S. The summed E-state index contributed by atoms with van der Waals surface area (Å²) in [7, 11) is -4.28. The zero-order chi connectivity index (χ0) is 38.1. The molecule has 0 saturated heterocycles. The number of esters is 3. The summed E-state index contributed by atoms with van der Waals surface area (Å²) in [6.45, 7) is 9.98. The summed E-state index contributed by atoms with van der Waals surface area (Å²) >= 11 is 13.4. The lowest BCUT2D eigenvalue weighted by molar-refractivity contribution is -0.384. The van der Waals surface area contributed by atoms with E-state index in [1.807, 2.05) is 0 Å². The maximum atomic E-state index is 13.6. The second kappa shape index (κ2) is 12.5. The molecule has 52 heavy (non-hydrogen) atoms. The first-order valence-corrected chi connectivity index (χ1v) is 17.8. The predicted octanol–water partition coefficient (Wildman–Crippen LogP) is 8.17. The van der Waals surface area contributed by atoms with Gasteiger partial charge in [-0.3, -0.25) is 24.4 Å². The predicted molar refractivity (Wildman–Crippen MR) is 189 cm³/mol. The van der Waals surface area contributed by atoms with E-state index in [1.165, 1.54) is 42.5 Å². The normalized spacial score (nSPS) is 14.3. The summed E-state index contributed by atoms with van der Waals surface area (Å²) in [4.78, 5) is 49.5. The fraction of sp³-hybridized carbons (Fsp3) is 0.250. The maximum absolute atomic E-state index is 13.6. The number of nitrogens with one attached hydrogen (secondary N) is 1. The molecule has 0 fully saturated rings. The molecule has 6 rings (SSSR count). The smallest absolute Gasteiger partial charge is 0.340 e. The Balaban J connectivity index is 1.53. The van der Waals surface area contributed by atoms with Crippen LogP contribution < -0.4 is 18.9 Å². The van der Waals surface area contributed by atoms with Crippen molar-refractivity contribution in [2.45, 2.75) is 52.0 Å². The number of carbonyl (C=O) groups excluding carboxylic acids is 3. The molecule has 0 aromatic heterocycles. The minimum Gasteiger partial charge on any atom is -0.456 e. The summed E-state index contributed by atoms with van der Waals surface area (Å²) in [5, 5.41) is 11.0. The highest BCUT2D eigenvalue weighted by molar-refractivity contribution is 7.92. The van der Waals surface area contributed by atoms with E-state index in [-0.39, 0.29) is 71.6 Å². The van der Waals surface area contributed by atoms with Crippen molar-refractivity contribution in [2.75, 3.05) is 4.72 Å². The first kappa shape index (κ1) is 36.6. The van der Waals surface area contributed by atoms with E-state index in [2.05, 4.69) is 4.72 Å². The van der Waals surface area contributed by atoms with Gasteiger partial charge in [0.25, 0.3) is 15.7 Å². The van der Waals surface area contributed by atoms with Crippen LogP contribution >= 0.6 is 23.2 Å². The van der Waals surface area contributed by atoms with Gasteiger partial charge in [0.1, 0.15) is 11.5 Å². The highest BCUT2D eigenvalue weighted by atomic mass is 35.5. The Labute approximate surface area is 307 Å². The maximum Gasteiger partial charge on any atom is 0.340 e. The van der Waals surface area contributed by atoms with Crippen molar-refractivity contribution in [1.29, 1.82) is 0 Å².